The number of rotatable bonds is 1. The number of hydrogen-bond donors (Lipinski definition) is 3. The van der Waals surface area contributed by atoms with E-state index < -0.39 is 0 Å². The molecule has 0 saturated carbocycles. The van der Waals surface area contributed by atoms with Gasteiger partial charge in [-0.15, -0.1) is 0 Å². The van der Waals surface area contributed by atoms with Crippen molar-refractivity contribution in [1.82, 2.24) is 20.5 Å². The van der Waals surface area contributed by atoms with Crippen LogP contribution in [0.15, 0.2) is 4.79 Å². The number of H-pyrrole nitrogens is 2. The van der Waals surface area contributed by atoms with Crippen LogP contribution in [-0.4, -0.2) is 28.3 Å². The highest BCUT2D eigenvalue weighted by molar-refractivity contribution is 5.06. The van der Waals surface area contributed by atoms with Crippen molar-refractivity contribution in [2.45, 2.75) is 25.2 Å². The molecule has 13 heavy (non-hydrogen) atoms. The van der Waals surface area contributed by atoms with Gasteiger partial charge in [-0.3, -0.25) is 4.98 Å². The van der Waals surface area contributed by atoms with E-state index in [2.05, 4.69) is 27.4 Å². The molecule has 1 aliphatic rings. The number of aromatic amines is 2. The zero-order valence-corrected chi connectivity index (χ0v) is 7.68. The molecule has 1 unspecified atom stereocenters. The Bertz CT molecular complexity index is 334. The Balaban J connectivity index is 2.27. The van der Waals surface area contributed by atoms with E-state index in [4.69, 9.17) is 0 Å². The summed E-state index contributed by atoms with van der Waals surface area (Å²) in [6.45, 7) is 4.06. The number of hydrogen-bond acceptors (Lipinski definition) is 3. The number of nitrogens with zero attached hydrogens (tertiary/aromatic N) is 1. The predicted octanol–water partition coefficient (Wildman–Crippen LogP) is -0.261. The smallest absolute Gasteiger partial charge is 0.316 e. The molecule has 5 nitrogen and oxygen atoms in total. The second-order valence-corrected chi connectivity index (χ2v) is 3.87. The quantitative estimate of drug-likeness (QED) is 0.560. The van der Waals surface area contributed by atoms with Crippen molar-refractivity contribution < 1.29 is 0 Å². The van der Waals surface area contributed by atoms with Gasteiger partial charge in [0.15, 0.2) is 0 Å². The third-order valence-electron chi connectivity index (χ3n) is 2.67. The zero-order valence-electron chi connectivity index (χ0n) is 7.68. The fourth-order valence-electron chi connectivity index (χ4n) is 1.81. The van der Waals surface area contributed by atoms with Crippen LogP contribution in [0.3, 0.4) is 0 Å². The van der Waals surface area contributed by atoms with E-state index >= 15 is 0 Å². The number of aromatic nitrogens is 3. The van der Waals surface area contributed by atoms with Gasteiger partial charge in [0.25, 0.3) is 0 Å². The van der Waals surface area contributed by atoms with Crippen LogP contribution in [0.5, 0.6) is 0 Å². The summed E-state index contributed by atoms with van der Waals surface area (Å²) in [6, 6.07) is 0. The molecule has 1 aliphatic heterocycles. The maximum atomic E-state index is 10.9. The largest absolute Gasteiger partial charge is 0.340 e. The van der Waals surface area contributed by atoms with Crippen molar-refractivity contribution in [2.75, 3.05) is 13.1 Å². The first-order chi connectivity index (χ1) is 6.21. The average molecular weight is 182 g/mol. The molecule has 1 saturated heterocycles. The SMILES string of the molecule is CC1(c2n[nH]c(=O)[nH]2)CCCNC1. The molecule has 0 aliphatic carbocycles. The molecule has 1 aromatic rings. The molecule has 0 radical (unpaired) electrons. The standard InChI is InChI=1S/C8H14N4O/c1-8(3-2-4-9-5-8)6-10-7(13)12-11-6/h9H,2-5H2,1H3,(H2,10,11,12,13). The van der Waals surface area contributed by atoms with Gasteiger partial charge >= 0.3 is 5.69 Å². The van der Waals surface area contributed by atoms with Gasteiger partial charge in [-0.05, 0) is 19.4 Å². The van der Waals surface area contributed by atoms with E-state index in [1.807, 2.05) is 0 Å². The lowest BCUT2D eigenvalue weighted by Gasteiger charge is -2.31. The van der Waals surface area contributed by atoms with Crippen molar-refractivity contribution in [1.29, 1.82) is 0 Å². The third kappa shape index (κ3) is 1.51. The molecule has 0 aromatic carbocycles. The van der Waals surface area contributed by atoms with Crippen molar-refractivity contribution in [3.63, 3.8) is 0 Å². The minimum absolute atomic E-state index is 0.0165. The van der Waals surface area contributed by atoms with Crippen LogP contribution in [0.1, 0.15) is 25.6 Å². The Morgan fingerprint density at radius 2 is 2.38 bits per heavy atom. The van der Waals surface area contributed by atoms with Crippen LogP contribution in [0.25, 0.3) is 0 Å². The summed E-state index contributed by atoms with van der Waals surface area (Å²) in [5.74, 6) is 0.768. The lowest BCUT2D eigenvalue weighted by atomic mass is 9.82. The Labute approximate surface area is 75.9 Å². The highest BCUT2D eigenvalue weighted by Gasteiger charge is 2.31. The molecule has 3 N–H and O–H groups in total. The first-order valence-corrected chi connectivity index (χ1v) is 4.57. The number of piperidine rings is 1. The van der Waals surface area contributed by atoms with Crippen molar-refractivity contribution >= 4 is 0 Å². The minimum Gasteiger partial charge on any atom is -0.316 e. The van der Waals surface area contributed by atoms with Crippen LogP contribution in [0.2, 0.25) is 0 Å². The van der Waals surface area contributed by atoms with E-state index in [0.717, 1.165) is 31.8 Å². The fraction of sp³-hybridized carbons (Fsp3) is 0.750. The van der Waals surface area contributed by atoms with Gasteiger partial charge in [0.1, 0.15) is 5.82 Å². The van der Waals surface area contributed by atoms with E-state index in [0.29, 0.717) is 0 Å². The first-order valence-electron chi connectivity index (χ1n) is 4.57. The van der Waals surface area contributed by atoms with E-state index in [-0.39, 0.29) is 11.1 Å². The van der Waals surface area contributed by atoms with Gasteiger partial charge in [-0.2, -0.15) is 5.10 Å². The van der Waals surface area contributed by atoms with Gasteiger partial charge in [0.2, 0.25) is 0 Å². The Hall–Kier alpha value is -1.10. The topological polar surface area (TPSA) is 73.6 Å². The van der Waals surface area contributed by atoms with Gasteiger partial charge < -0.3 is 5.32 Å². The van der Waals surface area contributed by atoms with Gasteiger partial charge in [-0.25, -0.2) is 9.89 Å². The van der Waals surface area contributed by atoms with Crippen LogP contribution in [-0.2, 0) is 5.41 Å². The maximum absolute atomic E-state index is 10.9. The Morgan fingerprint density at radius 3 is 2.92 bits per heavy atom. The second kappa shape index (κ2) is 2.99. The molecule has 72 valence electrons. The second-order valence-electron chi connectivity index (χ2n) is 3.87. The van der Waals surface area contributed by atoms with Crippen molar-refractivity contribution in [3.8, 4) is 0 Å². The summed E-state index contributed by atoms with van der Waals surface area (Å²) < 4.78 is 0. The molecule has 1 fully saturated rings. The summed E-state index contributed by atoms with van der Waals surface area (Å²) >= 11 is 0. The summed E-state index contributed by atoms with van der Waals surface area (Å²) in [7, 11) is 0. The molecule has 2 heterocycles. The van der Waals surface area contributed by atoms with Crippen LogP contribution in [0, 0.1) is 0 Å². The van der Waals surface area contributed by atoms with Crippen LogP contribution < -0.4 is 11.0 Å². The molecule has 0 spiro atoms. The zero-order chi connectivity index (χ0) is 9.31. The van der Waals surface area contributed by atoms with Crippen molar-refractivity contribution in [3.05, 3.63) is 16.3 Å². The Kier molecular flexibility index (Phi) is 1.95. The lowest BCUT2D eigenvalue weighted by Crippen LogP contribution is -2.42. The fourth-order valence-corrected chi connectivity index (χ4v) is 1.81. The molecule has 0 amide bonds. The molecule has 1 atom stereocenters. The third-order valence-corrected chi connectivity index (χ3v) is 2.67. The normalized spacial score (nSPS) is 29.0. The summed E-state index contributed by atoms with van der Waals surface area (Å²) in [5, 5.41) is 9.69. The average Bonchev–Trinajstić information content (AvgIpc) is 2.54. The van der Waals surface area contributed by atoms with Gasteiger partial charge in [0.05, 0.1) is 0 Å². The van der Waals surface area contributed by atoms with E-state index in [1.54, 1.807) is 0 Å². The number of nitrogens with one attached hydrogen (secondary N) is 3. The van der Waals surface area contributed by atoms with Gasteiger partial charge in [-0.1, -0.05) is 6.92 Å². The predicted molar refractivity (Wildman–Crippen MR) is 48.7 cm³/mol. The highest BCUT2D eigenvalue weighted by atomic mass is 16.1. The molecule has 1 aromatic heterocycles. The maximum Gasteiger partial charge on any atom is 0.340 e. The van der Waals surface area contributed by atoms with E-state index in [9.17, 15) is 4.79 Å². The van der Waals surface area contributed by atoms with Crippen LogP contribution in [0.4, 0.5) is 0 Å². The summed E-state index contributed by atoms with van der Waals surface area (Å²) in [6.07, 6.45) is 2.20. The Morgan fingerprint density at radius 1 is 1.54 bits per heavy atom. The molecule has 0 bridgehead atoms. The van der Waals surface area contributed by atoms with Gasteiger partial charge in [0, 0.05) is 12.0 Å². The monoisotopic (exact) mass is 182 g/mol. The minimum atomic E-state index is -0.221. The summed E-state index contributed by atoms with van der Waals surface area (Å²) in [5.41, 5.74) is -0.237. The highest BCUT2D eigenvalue weighted by Crippen LogP contribution is 2.26. The molecular formula is C8H14N4O. The first kappa shape index (κ1) is 8.50. The van der Waals surface area contributed by atoms with E-state index in [1.165, 1.54) is 0 Å². The summed E-state index contributed by atoms with van der Waals surface area (Å²) in [4.78, 5) is 13.6. The van der Waals surface area contributed by atoms with Crippen molar-refractivity contribution in [2.24, 2.45) is 0 Å². The molecule has 5 heteroatoms. The molecular weight excluding hydrogens is 168 g/mol. The van der Waals surface area contributed by atoms with Crippen LogP contribution >= 0.6 is 0 Å². The lowest BCUT2D eigenvalue weighted by molar-refractivity contribution is 0.324. The molecule has 2 rings (SSSR count).